The molecule has 1 aromatic heterocycles. The van der Waals surface area contributed by atoms with Crippen molar-refractivity contribution < 1.29 is 18.6 Å². The molecule has 7 heteroatoms. The second kappa shape index (κ2) is 9.10. The van der Waals surface area contributed by atoms with Crippen LogP contribution in [0.1, 0.15) is 36.3 Å². The van der Waals surface area contributed by atoms with E-state index in [1.165, 1.54) is 12.1 Å². The summed E-state index contributed by atoms with van der Waals surface area (Å²) in [6, 6.07) is 9.78. The summed E-state index contributed by atoms with van der Waals surface area (Å²) >= 11 is 0. The number of ether oxygens (including phenoxy) is 1. The fourth-order valence-corrected chi connectivity index (χ4v) is 2.19. The summed E-state index contributed by atoms with van der Waals surface area (Å²) in [4.78, 5) is 4.29. The Morgan fingerprint density at radius 1 is 1.28 bits per heavy atom. The molecular weight excluding hydrogens is 328 g/mol. The standard InChI is InChI=1S/C18H21F2N3O2/c1-2-3-16(23-21)15-9-8-14(10-22-15)25-11-12-4-6-13(7-5-12)17(24)18(19)20/h3-10,17-18,23-24H,2,11,21H2,1H3/b16-3-. The van der Waals surface area contributed by atoms with E-state index in [1.54, 1.807) is 30.5 Å². The lowest BCUT2D eigenvalue weighted by atomic mass is 10.1. The number of rotatable bonds is 8. The van der Waals surface area contributed by atoms with Gasteiger partial charge in [-0.25, -0.2) is 8.78 Å². The first kappa shape index (κ1) is 18.8. The molecule has 4 N–H and O–H groups in total. The molecule has 1 aromatic carbocycles. The maximum Gasteiger partial charge on any atom is 0.268 e. The average Bonchev–Trinajstić information content (AvgIpc) is 2.64. The number of aromatic nitrogens is 1. The SMILES string of the molecule is CC/C=C(\NN)c1ccc(OCc2ccc(C(O)C(F)F)cc2)cn1. The Morgan fingerprint density at radius 3 is 2.52 bits per heavy atom. The van der Waals surface area contributed by atoms with Crippen molar-refractivity contribution in [2.24, 2.45) is 5.84 Å². The summed E-state index contributed by atoms with van der Waals surface area (Å²) in [6.07, 6.45) is -0.228. The number of aliphatic hydroxyl groups excluding tert-OH is 1. The molecule has 134 valence electrons. The number of nitrogens with one attached hydrogen (secondary N) is 1. The molecule has 0 aliphatic rings. The Morgan fingerprint density at radius 2 is 2.00 bits per heavy atom. The van der Waals surface area contributed by atoms with E-state index in [0.29, 0.717) is 11.4 Å². The number of hydrogen-bond acceptors (Lipinski definition) is 5. The van der Waals surface area contributed by atoms with Crippen LogP contribution in [0.2, 0.25) is 0 Å². The van der Waals surface area contributed by atoms with Gasteiger partial charge in [-0.2, -0.15) is 0 Å². The van der Waals surface area contributed by atoms with Crippen LogP contribution in [0.5, 0.6) is 5.75 Å². The molecule has 0 fully saturated rings. The van der Waals surface area contributed by atoms with Gasteiger partial charge in [0, 0.05) is 0 Å². The van der Waals surface area contributed by atoms with E-state index in [2.05, 4.69) is 10.4 Å². The second-order valence-electron chi connectivity index (χ2n) is 5.36. The van der Waals surface area contributed by atoms with E-state index >= 15 is 0 Å². The highest BCUT2D eigenvalue weighted by Crippen LogP contribution is 2.21. The molecule has 0 spiro atoms. The summed E-state index contributed by atoms with van der Waals surface area (Å²) in [7, 11) is 0. The minimum atomic E-state index is -2.80. The maximum atomic E-state index is 12.4. The van der Waals surface area contributed by atoms with E-state index in [9.17, 15) is 13.9 Å². The predicted octanol–water partition coefficient (Wildman–Crippen LogP) is 3.17. The van der Waals surface area contributed by atoms with Gasteiger partial charge in [-0.15, -0.1) is 0 Å². The third-order valence-electron chi connectivity index (χ3n) is 3.54. The van der Waals surface area contributed by atoms with E-state index in [4.69, 9.17) is 10.6 Å². The average molecular weight is 349 g/mol. The molecule has 0 bridgehead atoms. The molecule has 2 aromatic rings. The van der Waals surface area contributed by atoms with Gasteiger partial charge in [0.25, 0.3) is 6.43 Å². The Balaban J connectivity index is 1.96. The molecule has 1 atom stereocenters. The van der Waals surface area contributed by atoms with E-state index < -0.39 is 12.5 Å². The normalized spacial score (nSPS) is 13.0. The molecule has 0 aliphatic carbocycles. The summed E-state index contributed by atoms with van der Waals surface area (Å²) < 4.78 is 30.5. The fraction of sp³-hybridized carbons (Fsp3) is 0.278. The summed E-state index contributed by atoms with van der Waals surface area (Å²) in [5, 5.41) is 9.32. The number of pyridine rings is 1. The minimum absolute atomic E-state index is 0.175. The van der Waals surface area contributed by atoms with Gasteiger partial charge in [0.1, 0.15) is 18.5 Å². The Bertz CT molecular complexity index is 688. The smallest absolute Gasteiger partial charge is 0.268 e. The van der Waals surface area contributed by atoms with Gasteiger partial charge in [0.2, 0.25) is 0 Å². The van der Waals surface area contributed by atoms with Gasteiger partial charge in [-0.1, -0.05) is 37.3 Å². The van der Waals surface area contributed by atoms with E-state index in [-0.39, 0.29) is 12.2 Å². The monoisotopic (exact) mass is 349 g/mol. The lowest BCUT2D eigenvalue weighted by Crippen LogP contribution is -2.20. The molecule has 0 aliphatic heterocycles. The van der Waals surface area contributed by atoms with Crippen LogP contribution in [-0.2, 0) is 6.61 Å². The Kier molecular flexibility index (Phi) is 6.85. The number of benzene rings is 1. The zero-order valence-corrected chi connectivity index (χ0v) is 13.8. The number of hydrogen-bond donors (Lipinski definition) is 3. The topological polar surface area (TPSA) is 80.4 Å². The van der Waals surface area contributed by atoms with Crippen LogP contribution in [0.15, 0.2) is 48.7 Å². The summed E-state index contributed by atoms with van der Waals surface area (Å²) in [5.74, 6) is 6.04. The van der Waals surface area contributed by atoms with Gasteiger partial charge in [-0.3, -0.25) is 10.8 Å². The lowest BCUT2D eigenvalue weighted by Gasteiger charge is -2.11. The largest absolute Gasteiger partial charge is 0.487 e. The van der Waals surface area contributed by atoms with Crippen molar-refractivity contribution in [2.75, 3.05) is 0 Å². The minimum Gasteiger partial charge on any atom is -0.487 e. The third kappa shape index (κ3) is 5.23. The van der Waals surface area contributed by atoms with Crippen LogP contribution in [0, 0.1) is 0 Å². The van der Waals surface area contributed by atoms with Crippen LogP contribution in [0.3, 0.4) is 0 Å². The van der Waals surface area contributed by atoms with Crippen molar-refractivity contribution in [1.29, 1.82) is 0 Å². The zero-order valence-electron chi connectivity index (χ0n) is 13.8. The molecular formula is C18H21F2N3O2. The lowest BCUT2D eigenvalue weighted by molar-refractivity contribution is -0.00579. The zero-order chi connectivity index (χ0) is 18.2. The highest BCUT2D eigenvalue weighted by Gasteiger charge is 2.18. The van der Waals surface area contributed by atoms with Gasteiger partial charge in [-0.05, 0) is 29.7 Å². The highest BCUT2D eigenvalue weighted by molar-refractivity contribution is 5.60. The number of aliphatic hydroxyl groups is 1. The third-order valence-corrected chi connectivity index (χ3v) is 3.54. The maximum absolute atomic E-state index is 12.4. The number of hydrazine groups is 1. The first-order chi connectivity index (χ1) is 12.0. The molecule has 5 nitrogen and oxygen atoms in total. The van der Waals surface area contributed by atoms with Crippen molar-refractivity contribution in [3.8, 4) is 5.75 Å². The first-order valence-corrected chi connectivity index (χ1v) is 7.86. The van der Waals surface area contributed by atoms with Crippen molar-refractivity contribution >= 4 is 5.70 Å². The van der Waals surface area contributed by atoms with Crippen LogP contribution >= 0.6 is 0 Å². The van der Waals surface area contributed by atoms with Crippen LogP contribution in [0.4, 0.5) is 8.78 Å². The summed E-state index contributed by atoms with van der Waals surface area (Å²) in [6.45, 7) is 2.26. The van der Waals surface area contributed by atoms with Crippen molar-refractivity contribution in [3.05, 3.63) is 65.5 Å². The Labute approximate surface area is 145 Å². The van der Waals surface area contributed by atoms with Crippen molar-refractivity contribution in [1.82, 2.24) is 10.4 Å². The molecule has 1 heterocycles. The molecule has 1 unspecified atom stereocenters. The molecule has 0 saturated carbocycles. The van der Waals surface area contributed by atoms with Gasteiger partial charge in [0.05, 0.1) is 17.6 Å². The molecule has 0 saturated heterocycles. The quantitative estimate of drug-likeness (QED) is 0.504. The van der Waals surface area contributed by atoms with Gasteiger partial charge < -0.3 is 15.3 Å². The molecule has 0 amide bonds. The van der Waals surface area contributed by atoms with Crippen LogP contribution < -0.4 is 16.0 Å². The first-order valence-electron chi connectivity index (χ1n) is 7.86. The number of allylic oxidation sites excluding steroid dienone is 1. The number of halogens is 2. The van der Waals surface area contributed by atoms with Crippen LogP contribution in [0.25, 0.3) is 5.70 Å². The highest BCUT2D eigenvalue weighted by atomic mass is 19.3. The van der Waals surface area contributed by atoms with Gasteiger partial charge in [0.15, 0.2) is 0 Å². The van der Waals surface area contributed by atoms with Crippen molar-refractivity contribution in [3.63, 3.8) is 0 Å². The number of nitrogens with zero attached hydrogens (tertiary/aromatic N) is 1. The van der Waals surface area contributed by atoms with Crippen LogP contribution in [-0.4, -0.2) is 16.5 Å². The summed E-state index contributed by atoms with van der Waals surface area (Å²) in [5.41, 5.74) is 5.02. The number of alkyl halides is 2. The fourth-order valence-electron chi connectivity index (χ4n) is 2.19. The van der Waals surface area contributed by atoms with Gasteiger partial charge >= 0.3 is 0 Å². The van der Waals surface area contributed by atoms with Crippen molar-refractivity contribution in [2.45, 2.75) is 32.5 Å². The predicted molar refractivity (Wildman–Crippen MR) is 91.6 cm³/mol. The second-order valence-corrected chi connectivity index (χ2v) is 5.36. The van der Waals surface area contributed by atoms with E-state index in [0.717, 1.165) is 17.7 Å². The van der Waals surface area contributed by atoms with E-state index in [1.807, 2.05) is 13.0 Å². The molecule has 25 heavy (non-hydrogen) atoms. The Hall–Kier alpha value is -2.51. The molecule has 2 rings (SSSR count). The molecule has 0 radical (unpaired) electrons. The number of nitrogens with two attached hydrogens (primary N) is 1.